The lowest BCUT2D eigenvalue weighted by molar-refractivity contribution is 0.329. The SMILES string of the molecule is CCOC1=NS(=O)N=C1N(C)Cc1ccccc1. The first-order chi connectivity index (χ1) is 8.70. The maximum absolute atomic E-state index is 11.3. The van der Waals surface area contributed by atoms with Gasteiger partial charge in [-0.1, -0.05) is 30.3 Å². The number of rotatable bonds is 3. The standard InChI is InChI=1S/C12H15N3O2S/c1-3-17-12-11(13-18(16)14-12)15(2)9-10-7-5-4-6-8-10/h4-8H,3,9H2,1-2H3. The van der Waals surface area contributed by atoms with Gasteiger partial charge in [0.05, 0.1) is 6.61 Å². The molecule has 0 fully saturated rings. The van der Waals surface area contributed by atoms with Gasteiger partial charge in [-0.15, -0.1) is 8.80 Å². The van der Waals surface area contributed by atoms with Crippen molar-refractivity contribution >= 4 is 22.9 Å². The Hall–Kier alpha value is -1.69. The van der Waals surface area contributed by atoms with Crippen LogP contribution >= 0.6 is 0 Å². The summed E-state index contributed by atoms with van der Waals surface area (Å²) in [6.45, 7) is 3.01. The van der Waals surface area contributed by atoms with Crippen LogP contribution in [0.1, 0.15) is 12.5 Å². The predicted octanol–water partition coefficient (Wildman–Crippen LogP) is 1.54. The first-order valence-electron chi connectivity index (χ1n) is 5.68. The van der Waals surface area contributed by atoms with Crippen molar-refractivity contribution in [3.8, 4) is 0 Å². The molecule has 0 saturated carbocycles. The Balaban J connectivity index is 2.10. The molecule has 96 valence electrons. The largest absolute Gasteiger partial charge is 0.475 e. The Labute approximate surface area is 109 Å². The third kappa shape index (κ3) is 2.95. The van der Waals surface area contributed by atoms with Crippen molar-refractivity contribution in [2.45, 2.75) is 13.5 Å². The average molecular weight is 265 g/mol. The Morgan fingerprint density at radius 1 is 1.28 bits per heavy atom. The van der Waals surface area contributed by atoms with Crippen LogP contribution in [-0.2, 0) is 22.5 Å². The van der Waals surface area contributed by atoms with Crippen LogP contribution in [-0.4, -0.2) is 34.5 Å². The van der Waals surface area contributed by atoms with Gasteiger partial charge < -0.3 is 9.64 Å². The highest BCUT2D eigenvalue weighted by molar-refractivity contribution is 7.83. The Kier molecular flexibility index (Phi) is 4.09. The molecular formula is C12H15N3O2S. The van der Waals surface area contributed by atoms with Gasteiger partial charge in [-0.3, -0.25) is 0 Å². The van der Waals surface area contributed by atoms with Gasteiger partial charge in [0.1, 0.15) is 0 Å². The summed E-state index contributed by atoms with van der Waals surface area (Å²) in [5, 5.41) is 0. The second-order valence-electron chi connectivity index (χ2n) is 3.82. The van der Waals surface area contributed by atoms with Crippen LogP contribution in [0, 0.1) is 0 Å². The van der Waals surface area contributed by atoms with Crippen LogP contribution in [0.3, 0.4) is 0 Å². The highest BCUT2D eigenvalue weighted by Crippen LogP contribution is 2.10. The lowest BCUT2D eigenvalue weighted by atomic mass is 10.2. The number of nitrogens with zero attached hydrogens (tertiary/aromatic N) is 3. The van der Waals surface area contributed by atoms with Crippen molar-refractivity contribution in [2.24, 2.45) is 8.80 Å². The molecule has 1 heterocycles. The Morgan fingerprint density at radius 2 is 2.00 bits per heavy atom. The lowest BCUT2D eigenvalue weighted by Crippen LogP contribution is -2.32. The van der Waals surface area contributed by atoms with E-state index in [0.29, 0.717) is 24.9 Å². The number of amidine groups is 1. The van der Waals surface area contributed by atoms with Gasteiger partial charge >= 0.3 is 0 Å². The summed E-state index contributed by atoms with van der Waals surface area (Å²) in [4.78, 5) is 1.88. The zero-order valence-corrected chi connectivity index (χ0v) is 11.2. The van der Waals surface area contributed by atoms with Gasteiger partial charge in [0.15, 0.2) is 0 Å². The molecule has 0 bridgehead atoms. The van der Waals surface area contributed by atoms with E-state index in [0.717, 1.165) is 5.56 Å². The molecule has 1 aliphatic heterocycles. The molecule has 1 aliphatic rings. The second-order valence-corrected chi connectivity index (χ2v) is 4.64. The summed E-state index contributed by atoms with van der Waals surface area (Å²) in [6.07, 6.45) is 0. The molecule has 0 saturated heterocycles. The first-order valence-corrected chi connectivity index (χ1v) is 6.74. The number of benzene rings is 1. The molecule has 0 aliphatic carbocycles. The number of hydrogen-bond acceptors (Lipinski definition) is 3. The summed E-state index contributed by atoms with van der Waals surface area (Å²) in [7, 11) is 1.88. The molecule has 0 aromatic heterocycles. The fraction of sp³-hybridized carbons (Fsp3) is 0.333. The topological polar surface area (TPSA) is 54.3 Å². The van der Waals surface area contributed by atoms with Gasteiger partial charge in [0, 0.05) is 13.6 Å². The van der Waals surface area contributed by atoms with Crippen LogP contribution in [0.25, 0.3) is 0 Å². The monoisotopic (exact) mass is 265 g/mol. The van der Waals surface area contributed by atoms with E-state index in [2.05, 4.69) is 8.80 Å². The average Bonchev–Trinajstić information content (AvgIpc) is 2.72. The van der Waals surface area contributed by atoms with Gasteiger partial charge in [0.25, 0.3) is 17.1 Å². The van der Waals surface area contributed by atoms with Gasteiger partial charge in [-0.25, -0.2) is 4.21 Å². The normalized spacial score (nSPS) is 18.2. The molecule has 0 N–H and O–H groups in total. The van der Waals surface area contributed by atoms with E-state index >= 15 is 0 Å². The van der Waals surface area contributed by atoms with Gasteiger partial charge in [-0.2, -0.15) is 0 Å². The molecule has 6 heteroatoms. The molecule has 0 spiro atoms. The number of ether oxygens (including phenoxy) is 1. The smallest absolute Gasteiger partial charge is 0.271 e. The zero-order valence-electron chi connectivity index (χ0n) is 10.4. The van der Waals surface area contributed by atoms with Crippen LogP contribution in [0.4, 0.5) is 0 Å². The van der Waals surface area contributed by atoms with Crippen LogP contribution in [0.15, 0.2) is 39.1 Å². The lowest BCUT2D eigenvalue weighted by Gasteiger charge is -2.19. The van der Waals surface area contributed by atoms with Crippen molar-refractivity contribution in [2.75, 3.05) is 13.7 Å². The Morgan fingerprint density at radius 3 is 2.67 bits per heavy atom. The third-order valence-electron chi connectivity index (χ3n) is 2.42. The minimum atomic E-state index is -1.55. The fourth-order valence-corrected chi connectivity index (χ4v) is 2.32. The molecule has 1 aromatic rings. The molecular weight excluding hydrogens is 250 g/mol. The van der Waals surface area contributed by atoms with E-state index < -0.39 is 11.2 Å². The number of hydrogen-bond donors (Lipinski definition) is 0. The number of likely N-dealkylation sites (N-methyl/N-ethyl adjacent to an activating group) is 1. The van der Waals surface area contributed by atoms with E-state index in [9.17, 15) is 4.21 Å². The predicted molar refractivity (Wildman–Crippen MR) is 72.5 cm³/mol. The quantitative estimate of drug-likeness (QED) is 0.833. The summed E-state index contributed by atoms with van der Waals surface area (Å²) < 4.78 is 24.5. The summed E-state index contributed by atoms with van der Waals surface area (Å²) >= 11 is -1.55. The van der Waals surface area contributed by atoms with Crippen LogP contribution in [0.2, 0.25) is 0 Å². The maximum atomic E-state index is 11.3. The van der Waals surface area contributed by atoms with E-state index in [4.69, 9.17) is 4.74 Å². The highest BCUT2D eigenvalue weighted by atomic mass is 32.2. The van der Waals surface area contributed by atoms with Gasteiger partial charge in [0.2, 0.25) is 5.84 Å². The van der Waals surface area contributed by atoms with E-state index in [1.54, 1.807) is 0 Å². The maximum Gasteiger partial charge on any atom is 0.271 e. The molecule has 1 atom stereocenters. The fourth-order valence-electron chi connectivity index (χ4n) is 1.64. The first kappa shape index (κ1) is 12.8. The van der Waals surface area contributed by atoms with Crippen LogP contribution < -0.4 is 0 Å². The van der Waals surface area contributed by atoms with Crippen molar-refractivity contribution in [1.82, 2.24) is 4.90 Å². The van der Waals surface area contributed by atoms with E-state index in [1.807, 2.05) is 49.2 Å². The Bertz CT molecular complexity index is 499. The molecule has 1 unspecified atom stereocenters. The molecule has 0 amide bonds. The van der Waals surface area contributed by atoms with E-state index in [-0.39, 0.29) is 0 Å². The van der Waals surface area contributed by atoms with Crippen LogP contribution in [0.5, 0.6) is 0 Å². The summed E-state index contributed by atoms with van der Waals surface area (Å²) in [5.41, 5.74) is 1.15. The van der Waals surface area contributed by atoms with Crippen molar-refractivity contribution in [3.63, 3.8) is 0 Å². The minimum Gasteiger partial charge on any atom is -0.475 e. The third-order valence-corrected chi connectivity index (χ3v) is 3.07. The summed E-state index contributed by atoms with van der Waals surface area (Å²) in [6, 6.07) is 9.99. The molecule has 18 heavy (non-hydrogen) atoms. The molecule has 2 rings (SSSR count). The van der Waals surface area contributed by atoms with E-state index in [1.165, 1.54) is 0 Å². The van der Waals surface area contributed by atoms with Gasteiger partial charge in [-0.05, 0) is 12.5 Å². The second kappa shape index (κ2) is 5.77. The molecule has 0 radical (unpaired) electrons. The summed E-state index contributed by atoms with van der Waals surface area (Å²) in [5.74, 6) is 0.897. The molecule has 1 aromatic carbocycles. The molecule has 5 nitrogen and oxygen atoms in total. The van der Waals surface area contributed by atoms with Crippen molar-refractivity contribution in [1.29, 1.82) is 0 Å². The zero-order chi connectivity index (χ0) is 13.0. The van der Waals surface area contributed by atoms with Crippen molar-refractivity contribution < 1.29 is 8.95 Å². The minimum absolute atomic E-state index is 0.356. The van der Waals surface area contributed by atoms with Crippen molar-refractivity contribution in [3.05, 3.63) is 35.9 Å². The highest BCUT2D eigenvalue weighted by Gasteiger charge is 2.23.